The fourth-order valence-corrected chi connectivity index (χ4v) is 1.41. The van der Waals surface area contributed by atoms with E-state index < -0.39 is 0 Å². The highest BCUT2D eigenvalue weighted by atomic mass is 19.1. The van der Waals surface area contributed by atoms with Crippen LogP contribution >= 0.6 is 0 Å². The average Bonchev–Trinajstić information content (AvgIpc) is 2.39. The summed E-state index contributed by atoms with van der Waals surface area (Å²) >= 11 is 0. The van der Waals surface area contributed by atoms with Gasteiger partial charge in [0.15, 0.2) is 5.96 Å². The van der Waals surface area contributed by atoms with E-state index >= 15 is 0 Å². The predicted molar refractivity (Wildman–Crippen MR) is 74.7 cm³/mol. The van der Waals surface area contributed by atoms with Crippen LogP contribution in [0.5, 0.6) is 5.75 Å². The smallest absolute Gasteiger partial charge is 0.191 e. The van der Waals surface area contributed by atoms with Gasteiger partial charge in [0, 0.05) is 13.1 Å². The molecule has 0 aliphatic rings. The van der Waals surface area contributed by atoms with Crippen LogP contribution in [0.15, 0.2) is 29.3 Å². The van der Waals surface area contributed by atoms with Crippen LogP contribution in [0, 0.1) is 18.2 Å². The molecule has 1 aromatic rings. The second-order valence-electron chi connectivity index (χ2n) is 3.90. The molecule has 0 saturated heterocycles. The number of halogens is 1. The van der Waals surface area contributed by atoms with Crippen molar-refractivity contribution in [3.8, 4) is 18.1 Å². The third kappa shape index (κ3) is 5.77. The van der Waals surface area contributed by atoms with Crippen molar-refractivity contribution < 1.29 is 9.13 Å². The Labute approximate surface area is 113 Å². The molecule has 19 heavy (non-hydrogen) atoms. The van der Waals surface area contributed by atoms with Crippen LogP contribution in [0.1, 0.15) is 6.92 Å². The third-order valence-electron chi connectivity index (χ3n) is 2.27. The molecule has 0 aliphatic heterocycles. The van der Waals surface area contributed by atoms with E-state index in [1.165, 1.54) is 12.1 Å². The number of nitrogens with one attached hydrogen (secondary N) is 2. The van der Waals surface area contributed by atoms with Crippen LogP contribution in [-0.2, 0) is 0 Å². The third-order valence-corrected chi connectivity index (χ3v) is 2.27. The topological polar surface area (TPSA) is 45.7 Å². The normalized spacial score (nSPS) is 12.4. The Morgan fingerprint density at radius 2 is 2.32 bits per heavy atom. The first-order valence-electron chi connectivity index (χ1n) is 5.96. The Balaban J connectivity index is 2.39. The lowest BCUT2D eigenvalue weighted by atomic mass is 10.3. The Hall–Kier alpha value is -2.22. The van der Waals surface area contributed by atoms with Crippen molar-refractivity contribution in [2.45, 2.75) is 13.0 Å². The molecule has 0 bridgehead atoms. The summed E-state index contributed by atoms with van der Waals surface area (Å²) in [4.78, 5) is 4.00. The summed E-state index contributed by atoms with van der Waals surface area (Å²) < 4.78 is 18.6. The lowest BCUT2D eigenvalue weighted by molar-refractivity contribution is 0.223. The quantitative estimate of drug-likeness (QED) is 0.479. The Morgan fingerprint density at radius 1 is 1.53 bits per heavy atom. The van der Waals surface area contributed by atoms with Gasteiger partial charge in [-0.1, -0.05) is 12.0 Å². The molecule has 0 amide bonds. The van der Waals surface area contributed by atoms with Gasteiger partial charge in [-0.2, -0.15) is 0 Å². The van der Waals surface area contributed by atoms with E-state index in [0.717, 1.165) is 0 Å². The zero-order chi connectivity index (χ0) is 14.1. The first-order chi connectivity index (χ1) is 9.15. The maximum atomic E-state index is 13.0. The SMILES string of the molecule is C#CCNC(=NC)NCC(C)Oc1cccc(F)c1. The van der Waals surface area contributed by atoms with Crippen molar-refractivity contribution in [2.24, 2.45) is 4.99 Å². The summed E-state index contributed by atoms with van der Waals surface area (Å²) in [6.07, 6.45) is 5.02. The minimum absolute atomic E-state index is 0.133. The van der Waals surface area contributed by atoms with Crippen LogP contribution in [0.25, 0.3) is 0 Å². The molecule has 102 valence electrons. The number of ether oxygens (including phenoxy) is 1. The largest absolute Gasteiger partial charge is 0.489 e. The van der Waals surface area contributed by atoms with Crippen LogP contribution in [0.2, 0.25) is 0 Å². The molecule has 1 aromatic carbocycles. The number of terminal acetylenes is 1. The van der Waals surface area contributed by atoms with E-state index in [1.807, 2.05) is 6.92 Å². The first kappa shape index (κ1) is 14.8. The fourth-order valence-electron chi connectivity index (χ4n) is 1.41. The predicted octanol–water partition coefficient (Wildman–Crippen LogP) is 1.39. The number of nitrogens with zero attached hydrogens (tertiary/aromatic N) is 1. The molecule has 2 N–H and O–H groups in total. The molecular formula is C14H18FN3O. The lowest BCUT2D eigenvalue weighted by Crippen LogP contribution is -2.41. The Morgan fingerprint density at radius 3 is 2.95 bits per heavy atom. The molecule has 1 unspecified atom stereocenters. The van der Waals surface area contributed by atoms with Gasteiger partial charge in [0.2, 0.25) is 0 Å². The summed E-state index contributed by atoms with van der Waals surface area (Å²) in [5.74, 6) is 3.25. The number of benzene rings is 1. The summed E-state index contributed by atoms with van der Waals surface area (Å²) in [5.41, 5.74) is 0. The number of aliphatic imine (C=N–C) groups is 1. The molecule has 5 heteroatoms. The van der Waals surface area contributed by atoms with Gasteiger partial charge < -0.3 is 15.4 Å². The standard InChI is InChI=1S/C14H18FN3O/c1-4-8-17-14(16-3)18-10-11(2)19-13-7-5-6-12(15)9-13/h1,5-7,9,11H,8,10H2,2-3H3,(H2,16,17,18). The Kier molecular flexibility index (Phi) is 6.23. The Bertz CT molecular complexity index is 468. The van der Waals surface area contributed by atoms with Crippen molar-refractivity contribution in [1.29, 1.82) is 0 Å². The van der Waals surface area contributed by atoms with E-state index in [9.17, 15) is 4.39 Å². The molecule has 1 rings (SSSR count). The number of hydrogen-bond donors (Lipinski definition) is 2. The molecule has 1 atom stereocenters. The fraction of sp³-hybridized carbons (Fsp3) is 0.357. The number of guanidine groups is 1. The van der Waals surface area contributed by atoms with Crippen molar-refractivity contribution >= 4 is 5.96 Å². The van der Waals surface area contributed by atoms with Gasteiger partial charge in [-0.15, -0.1) is 6.42 Å². The van der Waals surface area contributed by atoms with E-state index in [-0.39, 0.29) is 11.9 Å². The van der Waals surface area contributed by atoms with Gasteiger partial charge in [0.1, 0.15) is 17.7 Å². The van der Waals surface area contributed by atoms with Crippen LogP contribution in [0.4, 0.5) is 4.39 Å². The van der Waals surface area contributed by atoms with Crippen LogP contribution < -0.4 is 15.4 Å². The summed E-state index contributed by atoms with van der Waals surface area (Å²) in [6.45, 7) is 2.81. The highest BCUT2D eigenvalue weighted by molar-refractivity contribution is 5.79. The molecule has 0 spiro atoms. The maximum Gasteiger partial charge on any atom is 0.191 e. The highest BCUT2D eigenvalue weighted by Crippen LogP contribution is 2.13. The van der Waals surface area contributed by atoms with Crippen LogP contribution in [-0.4, -0.2) is 32.2 Å². The zero-order valence-electron chi connectivity index (χ0n) is 11.1. The minimum atomic E-state index is -0.316. The number of rotatable bonds is 5. The van der Waals surface area contributed by atoms with Gasteiger partial charge in [-0.05, 0) is 19.1 Å². The summed E-state index contributed by atoms with van der Waals surface area (Å²) in [6, 6.07) is 6.05. The van der Waals surface area contributed by atoms with Crippen molar-refractivity contribution in [3.63, 3.8) is 0 Å². The maximum absolute atomic E-state index is 13.0. The van der Waals surface area contributed by atoms with Crippen molar-refractivity contribution in [3.05, 3.63) is 30.1 Å². The van der Waals surface area contributed by atoms with Gasteiger partial charge in [0.25, 0.3) is 0 Å². The second kappa shape index (κ2) is 7.98. The van der Waals surface area contributed by atoms with E-state index in [1.54, 1.807) is 19.2 Å². The van der Waals surface area contributed by atoms with Gasteiger partial charge in [-0.25, -0.2) is 4.39 Å². The first-order valence-corrected chi connectivity index (χ1v) is 5.96. The summed E-state index contributed by atoms with van der Waals surface area (Å²) in [5, 5.41) is 6.00. The molecule has 0 saturated carbocycles. The minimum Gasteiger partial charge on any atom is -0.489 e. The molecular weight excluding hydrogens is 245 g/mol. The number of hydrogen-bond acceptors (Lipinski definition) is 2. The van der Waals surface area contributed by atoms with Gasteiger partial charge in [0.05, 0.1) is 13.1 Å². The molecule has 4 nitrogen and oxygen atoms in total. The van der Waals surface area contributed by atoms with Crippen molar-refractivity contribution in [1.82, 2.24) is 10.6 Å². The van der Waals surface area contributed by atoms with Crippen LogP contribution in [0.3, 0.4) is 0 Å². The average molecular weight is 263 g/mol. The van der Waals surface area contributed by atoms with E-state index in [0.29, 0.717) is 24.8 Å². The summed E-state index contributed by atoms with van der Waals surface area (Å²) in [7, 11) is 1.66. The monoisotopic (exact) mass is 263 g/mol. The molecule has 0 fully saturated rings. The molecule has 0 heterocycles. The van der Waals surface area contributed by atoms with Gasteiger partial charge in [-0.3, -0.25) is 4.99 Å². The second-order valence-corrected chi connectivity index (χ2v) is 3.90. The van der Waals surface area contributed by atoms with E-state index in [4.69, 9.17) is 11.2 Å². The molecule has 0 aliphatic carbocycles. The molecule has 0 radical (unpaired) electrons. The van der Waals surface area contributed by atoms with Crippen molar-refractivity contribution in [2.75, 3.05) is 20.1 Å². The molecule has 0 aromatic heterocycles. The zero-order valence-corrected chi connectivity index (χ0v) is 11.1. The lowest BCUT2D eigenvalue weighted by Gasteiger charge is -2.17. The van der Waals surface area contributed by atoms with E-state index in [2.05, 4.69) is 21.5 Å². The van der Waals surface area contributed by atoms with Gasteiger partial charge >= 0.3 is 0 Å². The highest BCUT2D eigenvalue weighted by Gasteiger charge is 2.05.